The van der Waals surface area contributed by atoms with Gasteiger partial charge in [-0.25, -0.2) is 0 Å². The molecule has 22 heavy (non-hydrogen) atoms. The molecule has 0 aromatic carbocycles. The first-order chi connectivity index (χ1) is 10.8. The van der Waals surface area contributed by atoms with Crippen LogP contribution in [0.2, 0.25) is 0 Å². The summed E-state index contributed by atoms with van der Waals surface area (Å²) >= 11 is 1.55. The minimum absolute atomic E-state index is 0.207. The number of fused-ring (bicyclic) bond motifs is 4. The van der Waals surface area contributed by atoms with Gasteiger partial charge in [0.25, 0.3) is 5.91 Å². The van der Waals surface area contributed by atoms with E-state index in [1.807, 2.05) is 18.2 Å². The van der Waals surface area contributed by atoms with Gasteiger partial charge in [0.2, 0.25) is 0 Å². The average Bonchev–Trinajstić information content (AvgIpc) is 2.88. The molecule has 0 saturated carbocycles. The fraction of sp³-hybridized carbons (Fsp3) is 0.412. The van der Waals surface area contributed by atoms with Crippen LogP contribution in [0.25, 0.3) is 11.1 Å². The molecular weight excluding hydrogens is 294 g/mol. The van der Waals surface area contributed by atoms with E-state index < -0.39 is 0 Å². The standard InChI is InChI=1S/C17H19N3OS/c21-17(20-10-9-19-7-3-15(20)4-8-19)16-11-14(12-22-16)13-1-5-18-6-2-13/h1-2,5-6,11-12,15H,3-4,7-10H2. The molecule has 114 valence electrons. The van der Waals surface area contributed by atoms with Crippen LogP contribution >= 0.6 is 11.3 Å². The molecule has 4 nitrogen and oxygen atoms in total. The molecule has 0 unspecified atom stereocenters. The molecule has 0 atom stereocenters. The highest BCUT2D eigenvalue weighted by Gasteiger charge is 2.32. The van der Waals surface area contributed by atoms with Crippen molar-refractivity contribution in [3.63, 3.8) is 0 Å². The first kappa shape index (κ1) is 13.9. The highest BCUT2D eigenvalue weighted by molar-refractivity contribution is 7.12. The second-order valence-corrected chi connectivity index (χ2v) is 6.92. The summed E-state index contributed by atoms with van der Waals surface area (Å²) in [4.78, 5) is 22.4. The van der Waals surface area contributed by atoms with E-state index in [0.717, 1.165) is 55.0 Å². The van der Waals surface area contributed by atoms with Crippen molar-refractivity contribution in [2.45, 2.75) is 18.9 Å². The van der Waals surface area contributed by atoms with Crippen LogP contribution in [0.5, 0.6) is 0 Å². The molecule has 2 aromatic heterocycles. The van der Waals surface area contributed by atoms with Crippen molar-refractivity contribution < 1.29 is 4.79 Å². The number of rotatable bonds is 2. The van der Waals surface area contributed by atoms with E-state index in [4.69, 9.17) is 0 Å². The Hall–Kier alpha value is -1.72. The second kappa shape index (κ2) is 5.82. The average molecular weight is 313 g/mol. The van der Waals surface area contributed by atoms with Gasteiger partial charge < -0.3 is 9.80 Å². The molecule has 5 rings (SSSR count). The summed E-state index contributed by atoms with van der Waals surface area (Å²) in [7, 11) is 0. The van der Waals surface area contributed by atoms with Crippen LogP contribution in [0.15, 0.2) is 36.0 Å². The molecule has 5 heterocycles. The van der Waals surface area contributed by atoms with Gasteiger partial charge in [-0.1, -0.05) is 0 Å². The van der Waals surface area contributed by atoms with Gasteiger partial charge in [-0.05, 0) is 47.5 Å². The second-order valence-electron chi connectivity index (χ2n) is 6.01. The number of pyridine rings is 1. The van der Waals surface area contributed by atoms with Gasteiger partial charge in [0.1, 0.15) is 0 Å². The lowest BCUT2D eigenvalue weighted by Gasteiger charge is -2.31. The van der Waals surface area contributed by atoms with E-state index in [2.05, 4.69) is 20.2 Å². The van der Waals surface area contributed by atoms with Crippen LogP contribution in [0.3, 0.4) is 0 Å². The number of thiophene rings is 1. The fourth-order valence-corrected chi connectivity index (χ4v) is 4.31. The number of nitrogens with zero attached hydrogens (tertiary/aromatic N) is 3. The van der Waals surface area contributed by atoms with Crippen molar-refractivity contribution in [3.8, 4) is 11.1 Å². The van der Waals surface area contributed by atoms with E-state index in [1.165, 1.54) is 0 Å². The van der Waals surface area contributed by atoms with E-state index in [9.17, 15) is 4.79 Å². The van der Waals surface area contributed by atoms with Crippen LogP contribution in [0.4, 0.5) is 0 Å². The molecule has 2 bridgehead atoms. The molecule has 0 spiro atoms. The third-order valence-corrected chi connectivity index (χ3v) is 5.66. The number of carbonyl (C=O) groups excluding carboxylic acids is 1. The van der Waals surface area contributed by atoms with E-state index in [0.29, 0.717) is 6.04 Å². The van der Waals surface area contributed by atoms with Crippen molar-refractivity contribution in [1.82, 2.24) is 14.8 Å². The van der Waals surface area contributed by atoms with Gasteiger partial charge in [0, 0.05) is 44.6 Å². The minimum atomic E-state index is 0.207. The Morgan fingerprint density at radius 2 is 1.86 bits per heavy atom. The Labute approximate surface area is 134 Å². The maximum absolute atomic E-state index is 12.9. The summed E-state index contributed by atoms with van der Waals surface area (Å²) in [6.45, 7) is 4.17. The quantitative estimate of drug-likeness (QED) is 0.855. The first-order valence-corrected chi connectivity index (χ1v) is 8.71. The van der Waals surface area contributed by atoms with Gasteiger partial charge >= 0.3 is 0 Å². The maximum atomic E-state index is 12.9. The van der Waals surface area contributed by atoms with Crippen molar-refractivity contribution in [1.29, 1.82) is 0 Å². The van der Waals surface area contributed by atoms with Gasteiger partial charge in [-0.15, -0.1) is 11.3 Å². The number of carbonyl (C=O) groups is 1. The summed E-state index contributed by atoms with van der Waals surface area (Å²) in [5.41, 5.74) is 2.23. The number of amides is 1. The molecule has 3 saturated heterocycles. The number of aromatic nitrogens is 1. The van der Waals surface area contributed by atoms with E-state index in [-0.39, 0.29) is 5.91 Å². The van der Waals surface area contributed by atoms with Crippen LogP contribution in [0.1, 0.15) is 22.5 Å². The highest BCUT2D eigenvalue weighted by Crippen LogP contribution is 2.28. The molecule has 0 N–H and O–H groups in total. The smallest absolute Gasteiger partial charge is 0.264 e. The van der Waals surface area contributed by atoms with Crippen LogP contribution in [-0.2, 0) is 0 Å². The van der Waals surface area contributed by atoms with Gasteiger partial charge in [0.15, 0.2) is 0 Å². The van der Waals surface area contributed by atoms with Crippen LogP contribution in [-0.4, -0.2) is 52.9 Å². The summed E-state index contributed by atoms with van der Waals surface area (Å²) < 4.78 is 0. The predicted molar refractivity (Wildman–Crippen MR) is 88.0 cm³/mol. The Kier molecular flexibility index (Phi) is 3.68. The molecule has 3 fully saturated rings. The summed E-state index contributed by atoms with van der Waals surface area (Å²) in [6, 6.07) is 6.42. The molecule has 1 amide bonds. The third kappa shape index (κ3) is 2.55. The monoisotopic (exact) mass is 313 g/mol. The maximum Gasteiger partial charge on any atom is 0.264 e. The van der Waals surface area contributed by atoms with E-state index in [1.54, 1.807) is 23.7 Å². The summed E-state index contributed by atoms with van der Waals surface area (Å²) in [5.74, 6) is 0.207. The molecule has 0 radical (unpaired) electrons. The van der Waals surface area contributed by atoms with Crippen molar-refractivity contribution in [2.75, 3.05) is 26.2 Å². The topological polar surface area (TPSA) is 36.4 Å². The first-order valence-electron chi connectivity index (χ1n) is 7.83. The van der Waals surface area contributed by atoms with Gasteiger partial charge in [-0.2, -0.15) is 0 Å². The lowest BCUT2D eigenvalue weighted by molar-refractivity contribution is 0.0690. The SMILES string of the molecule is O=C(c1cc(-c2ccncc2)cs1)N1CCN2CCC1CC2. The normalized spacial score (nSPS) is 24.3. The minimum Gasteiger partial charge on any atom is -0.334 e. The lowest BCUT2D eigenvalue weighted by Crippen LogP contribution is -2.41. The molecule has 0 aliphatic carbocycles. The van der Waals surface area contributed by atoms with Crippen molar-refractivity contribution >= 4 is 17.2 Å². The van der Waals surface area contributed by atoms with Crippen LogP contribution < -0.4 is 0 Å². The van der Waals surface area contributed by atoms with Gasteiger partial charge in [-0.3, -0.25) is 9.78 Å². The van der Waals surface area contributed by atoms with Crippen LogP contribution in [0, 0.1) is 0 Å². The van der Waals surface area contributed by atoms with Crippen molar-refractivity contribution in [2.24, 2.45) is 0 Å². The molecule has 5 heteroatoms. The Balaban J connectivity index is 1.57. The van der Waals surface area contributed by atoms with Crippen molar-refractivity contribution in [3.05, 3.63) is 40.8 Å². The number of hydrogen-bond acceptors (Lipinski definition) is 4. The lowest BCUT2D eigenvalue weighted by atomic mass is 10.0. The zero-order chi connectivity index (χ0) is 14.9. The third-order valence-electron chi connectivity index (χ3n) is 4.74. The molecule has 2 aromatic rings. The number of piperidine rings is 1. The van der Waals surface area contributed by atoms with Gasteiger partial charge in [0.05, 0.1) is 4.88 Å². The summed E-state index contributed by atoms with van der Waals surface area (Å²) in [5, 5.41) is 2.07. The molecule has 3 aliphatic rings. The zero-order valence-corrected chi connectivity index (χ0v) is 13.3. The largest absolute Gasteiger partial charge is 0.334 e. The van der Waals surface area contributed by atoms with E-state index >= 15 is 0 Å². The fourth-order valence-electron chi connectivity index (χ4n) is 3.44. The molecule has 3 aliphatic heterocycles. The number of hydrogen-bond donors (Lipinski definition) is 0. The Morgan fingerprint density at radius 3 is 2.64 bits per heavy atom. The predicted octanol–water partition coefficient (Wildman–Crippen LogP) is 2.73. The zero-order valence-electron chi connectivity index (χ0n) is 12.4. The Bertz CT molecular complexity index is 662. The highest BCUT2D eigenvalue weighted by atomic mass is 32.1. The Morgan fingerprint density at radius 1 is 1.09 bits per heavy atom. The molecular formula is C17H19N3OS. The summed E-state index contributed by atoms with van der Waals surface area (Å²) in [6.07, 6.45) is 5.81.